The van der Waals surface area contributed by atoms with Crippen LogP contribution in [0.25, 0.3) is 0 Å². The van der Waals surface area contributed by atoms with E-state index in [4.69, 9.17) is 4.74 Å². The Labute approximate surface area is 147 Å². The fraction of sp³-hybridized carbons (Fsp3) is 0.200. The molecule has 0 aromatic heterocycles. The molecule has 0 aliphatic heterocycles. The molecule has 2 aromatic carbocycles. The van der Waals surface area contributed by atoms with Gasteiger partial charge in [-0.15, -0.1) is 0 Å². The van der Waals surface area contributed by atoms with Crippen LogP contribution in [0.5, 0.6) is 5.75 Å². The lowest BCUT2D eigenvalue weighted by Gasteiger charge is -2.24. The number of halogens is 2. The number of rotatable bonds is 5. The largest absolute Gasteiger partial charge is 0.496 e. The van der Waals surface area contributed by atoms with Crippen LogP contribution in [0.15, 0.2) is 51.4 Å². The van der Waals surface area contributed by atoms with Gasteiger partial charge in [0.15, 0.2) is 0 Å². The number of nitrogens with zero attached hydrogens (tertiary/aromatic N) is 1. The first-order valence-corrected chi connectivity index (χ1v) is 9.81. The van der Waals surface area contributed by atoms with Gasteiger partial charge in [0.1, 0.15) is 5.75 Å². The van der Waals surface area contributed by atoms with Gasteiger partial charge < -0.3 is 4.74 Å². The summed E-state index contributed by atoms with van der Waals surface area (Å²) >= 11 is 6.81. The highest BCUT2D eigenvalue weighted by Crippen LogP contribution is 2.32. The standard InChI is InChI=1S/C15H15Br2NO3S/c1-21-15-8-7-12(16)9-11(15)10-18(22(2,19)20)14-6-4-3-5-13(14)17/h3-9H,10H2,1-2H3. The molecule has 0 aliphatic carbocycles. The molecule has 0 bridgehead atoms. The second-order valence-electron chi connectivity index (χ2n) is 4.68. The Morgan fingerprint density at radius 2 is 1.82 bits per heavy atom. The van der Waals surface area contributed by atoms with Gasteiger partial charge in [-0.05, 0) is 46.3 Å². The van der Waals surface area contributed by atoms with Crippen molar-refractivity contribution in [3.63, 3.8) is 0 Å². The predicted molar refractivity (Wildman–Crippen MR) is 95.9 cm³/mol. The fourth-order valence-electron chi connectivity index (χ4n) is 2.06. The molecular weight excluding hydrogens is 434 g/mol. The van der Waals surface area contributed by atoms with E-state index in [1.165, 1.54) is 10.6 Å². The van der Waals surface area contributed by atoms with Crippen molar-refractivity contribution in [2.45, 2.75) is 6.54 Å². The predicted octanol–water partition coefficient (Wildman–Crippen LogP) is 4.19. The third-order valence-electron chi connectivity index (χ3n) is 3.08. The van der Waals surface area contributed by atoms with Crippen LogP contribution < -0.4 is 9.04 Å². The zero-order valence-electron chi connectivity index (χ0n) is 12.1. The zero-order chi connectivity index (χ0) is 16.3. The number of anilines is 1. The van der Waals surface area contributed by atoms with Gasteiger partial charge in [0.05, 0.1) is 25.6 Å². The quantitative estimate of drug-likeness (QED) is 0.688. The molecular formula is C15H15Br2NO3S. The van der Waals surface area contributed by atoms with Crippen LogP contribution in [0, 0.1) is 0 Å². The van der Waals surface area contributed by atoms with Crippen molar-refractivity contribution in [2.24, 2.45) is 0 Å². The molecule has 2 aromatic rings. The van der Waals surface area contributed by atoms with Crippen LogP contribution in [0.1, 0.15) is 5.56 Å². The summed E-state index contributed by atoms with van der Waals surface area (Å²) in [5, 5.41) is 0. The minimum absolute atomic E-state index is 0.185. The summed E-state index contributed by atoms with van der Waals surface area (Å²) in [6.45, 7) is 0.185. The van der Waals surface area contributed by atoms with E-state index in [1.807, 2.05) is 24.3 Å². The van der Waals surface area contributed by atoms with Crippen molar-refractivity contribution in [2.75, 3.05) is 17.7 Å². The van der Waals surface area contributed by atoms with E-state index in [0.717, 1.165) is 14.5 Å². The Morgan fingerprint density at radius 3 is 2.41 bits per heavy atom. The molecule has 7 heteroatoms. The lowest BCUT2D eigenvalue weighted by molar-refractivity contribution is 0.409. The highest BCUT2D eigenvalue weighted by molar-refractivity contribution is 9.10. The summed E-state index contributed by atoms with van der Waals surface area (Å²) in [6, 6.07) is 12.7. The maximum Gasteiger partial charge on any atom is 0.232 e. The van der Waals surface area contributed by atoms with Crippen molar-refractivity contribution in [3.8, 4) is 5.75 Å². The summed E-state index contributed by atoms with van der Waals surface area (Å²) in [7, 11) is -1.88. The molecule has 0 saturated carbocycles. The van der Waals surface area contributed by atoms with Crippen LogP contribution in [-0.2, 0) is 16.6 Å². The highest BCUT2D eigenvalue weighted by Gasteiger charge is 2.21. The molecule has 0 spiro atoms. The molecule has 118 valence electrons. The highest BCUT2D eigenvalue weighted by atomic mass is 79.9. The Hall–Kier alpha value is -1.05. The van der Waals surface area contributed by atoms with Crippen LogP contribution in [0.4, 0.5) is 5.69 Å². The summed E-state index contributed by atoms with van der Waals surface area (Å²) in [5.41, 5.74) is 1.37. The van der Waals surface area contributed by atoms with E-state index in [9.17, 15) is 8.42 Å². The normalized spacial score (nSPS) is 11.3. The van der Waals surface area contributed by atoms with E-state index >= 15 is 0 Å². The van der Waals surface area contributed by atoms with Gasteiger partial charge in [-0.3, -0.25) is 4.31 Å². The Kier molecular flexibility index (Phi) is 5.52. The van der Waals surface area contributed by atoms with Crippen LogP contribution >= 0.6 is 31.9 Å². The van der Waals surface area contributed by atoms with Crippen molar-refractivity contribution in [1.29, 1.82) is 0 Å². The van der Waals surface area contributed by atoms with Crippen LogP contribution in [0.3, 0.4) is 0 Å². The summed E-state index contributed by atoms with van der Waals surface area (Å²) in [5.74, 6) is 0.643. The summed E-state index contributed by atoms with van der Waals surface area (Å²) in [4.78, 5) is 0. The summed E-state index contributed by atoms with van der Waals surface area (Å²) in [6.07, 6.45) is 1.19. The molecule has 0 unspecified atom stereocenters. The van der Waals surface area contributed by atoms with Gasteiger partial charge in [-0.1, -0.05) is 28.1 Å². The molecule has 4 nitrogen and oxygen atoms in total. The molecule has 0 amide bonds. The third kappa shape index (κ3) is 4.02. The number of para-hydroxylation sites is 1. The smallest absolute Gasteiger partial charge is 0.232 e. The first-order valence-electron chi connectivity index (χ1n) is 6.37. The molecule has 0 aliphatic rings. The first kappa shape index (κ1) is 17.3. The molecule has 0 saturated heterocycles. The van der Waals surface area contributed by atoms with Crippen LogP contribution in [-0.4, -0.2) is 21.8 Å². The maximum atomic E-state index is 12.2. The maximum absolute atomic E-state index is 12.2. The topological polar surface area (TPSA) is 46.6 Å². The average Bonchev–Trinajstić information content (AvgIpc) is 2.45. The lowest BCUT2D eigenvalue weighted by atomic mass is 10.2. The lowest BCUT2D eigenvalue weighted by Crippen LogP contribution is -2.29. The van der Waals surface area contributed by atoms with Crippen LogP contribution in [0.2, 0.25) is 0 Å². The second-order valence-corrected chi connectivity index (χ2v) is 8.35. The van der Waals surface area contributed by atoms with Gasteiger partial charge in [-0.2, -0.15) is 0 Å². The Bertz CT molecular complexity index is 778. The third-order valence-corrected chi connectivity index (χ3v) is 5.37. The number of methoxy groups -OCH3 is 1. The zero-order valence-corrected chi connectivity index (χ0v) is 16.1. The molecule has 0 heterocycles. The van der Waals surface area contributed by atoms with Crippen molar-refractivity contribution in [1.82, 2.24) is 0 Å². The average molecular weight is 449 g/mol. The summed E-state index contributed by atoms with van der Waals surface area (Å²) < 4.78 is 32.7. The number of benzene rings is 2. The molecule has 0 N–H and O–H groups in total. The number of hydrogen-bond donors (Lipinski definition) is 0. The first-order chi connectivity index (χ1) is 10.3. The fourth-order valence-corrected chi connectivity index (χ4v) is 3.98. The van der Waals surface area contributed by atoms with E-state index in [0.29, 0.717) is 11.4 Å². The number of ether oxygens (including phenoxy) is 1. The van der Waals surface area contributed by atoms with E-state index < -0.39 is 10.0 Å². The van der Waals surface area contributed by atoms with Crippen molar-refractivity contribution < 1.29 is 13.2 Å². The number of hydrogen-bond acceptors (Lipinski definition) is 3. The van der Waals surface area contributed by atoms with E-state index in [1.54, 1.807) is 25.3 Å². The van der Waals surface area contributed by atoms with Crippen molar-refractivity contribution >= 4 is 47.6 Å². The van der Waals surface area contributed by atoms with Gasteiger partial charge in [0.25, 0.3) is 0 Å². The van der Waals surface area contributed by atoms with Crippen molar-refractivity contribution in [3.05, 3.63) is 57.0 Å². The van der Waals surface area contributed by atoms with E-state index in [-0.39, 0.29) is 6.54 Å². The molecule has 2 rings (SSSR count). The molecule has 0 fully saturated rings. The molecule has 22 heavy (non-hydrogen) atoms. The van der Waals surface area contributed by atoms with E-state index in [2.05, 4.69) is 31.9 Å². The molecule has 0 atom stereocenters. The van der Waals surface area contributed by atoms with Gasteiger partial charge in [0, 0.05) is 14.5 Å². The minimum atomic E-state index is -3.44. The SMILES string of the molecule is COc1ccc(Br)cc1CN(c1ccccc1Br)S(C)(=O)=O. The Morgan fingerprint density at radius 1 is 1.14 bits per heavy atom. The Balaban J connectivity index is 2.50. The number of sulfonamides is 1. The monoisotopic (exact) mass is 447 g/mol. The second kappa shape index (κ2) is 7.02. The minimum Gasteiger partial charge on any atom is -0.496 e. The van der Waals surface area contributed by atoms with Gasteiger partial charge in [-0.25, -0.2) is 8.42 Å². The van der Waals surface area contributed by atoms with Gasteiger partial charge >= 0.3 is 0 Å². The molecule has 0 radical (unpaired) electrons. The van der Waals surface area contributed by atoms with Gasteiger partial charge in [0.2, 0.25) is 10.0 Å².